The molecule has 0 amide bonds. The lowest BCUT2D eigenvalue weighted by molar-refractivity contribution is 0.249. The molecule has 1 fully saturated rings. The van der Waals surface area contributed by atoms with Crippen LogP contribution in [0.3, 0.4) is 0 Å². The van der Waals surface area contributed by atoms with E-state index < -0.39 is 0 Å². The average molecular weight is 195 g/mol. The molecule has 82 valence electrons. The largest absolute Gasteiger partial charge is 0.314 e. The van der Waals surface area contributed by atoms with Gasteiger partial charge in [-0.3, -0.25) is 0 Å². The van der Waals surface area contributed by atoms with Crippen molar-refractivity contribution in [2.24, 2.45) is 5.92 Å². The monoisotopic (exact) mass is 195 g/mol. The molecule has 0 bridgehead atoms. The molecule has 0 spiro atoms. The topological polar surface area (TPSA) is 12.0 Å². The summed E-state index contributed by atoms with van der Waals surface area (Å²) in [6.07, 6.45) is 11.7. The van der Waals surface area contributed by atoms with Gasteiger partial charge in [0.1, 0.15) is 0 Å². The summed E-state index contributed by atoms with van der Waals surface area (Å²) in [5.74, 6) is 0.934. The summed E-state index contributed by atoms with van der Waals surface area (Å²) in [5, 5.41) is 3.64. The maximum absolute atomic E-state index is 3.78. The lowest BCUT2D eigenvalue weighted by atomic mass is 9.81. The average Bonchev–Trinajstić information content (AvgIpc) is 2.21. The predicted octanol–water partition coefficient (Wildman–Crippen LogP) is 3.51. The molecule has 2 atom stereocenters. The van der Waals surface area contributed by atoms with Crippen molar-refractivity contribution in [1.29, 1.82) is 0 Å². The van der Waals surface area contributed by atoms with Gasteiger partial charge in [0, 0.05) is 6.04 Å². The quantitative estimate of drug-likeness (QED) is 0.505. The van der Waals surface area contributed by atoms with Crippen molar-refractivity contribution >= 4 is 0 Å². The molecule has 0 heterocycles. The lowest BCUT2D eigenvalue weighted by Crippen LogP contribution is -2.38. The van der Waals surface area contributed by atoms with Crippen LogP contribution in [-0.2, 0) is 0 Å². The van der Waals surface area contributed by atoms with E-state index in [4.69, 9.17) is 0 Å². The Hall–Kier alpha value is -0.300. The van der Waals surface area contributed by atoms with Gasteiger partial charge in [-0.1, -0.05) is 25.8 Å². The Labute approximate surface area is 89.0 Å². The van der Waals surface area contributed by atoms with Gasteiger partial charge in [0.15, 0.2) is 0 Å². The van der Waals surface area contributed by atoms with E-state index in [-0.39, 0.29) is 0 Å². The Morgan fingerprint density at radius 1 is 1.36 bits per heavy atom. The summed E-state index contributed by atoms with van der Waals surface area (Å²) in [4.78, 5) is 0. The molecule has 14 heavy (non-hydrogen) atoms. The highest BCUT2D eigenvalue weighted by Gasteiger charge is 2.23. The molecule has 0 aromatic rings. The summed E-state index contributed by atoms with van der Waals surface area (Å²) < 4.78 is 0. The molecule has 2 unspecified atom stereocenters. The van der Waals surface area contributed by atoms with Gasteiger partial charge in [0.25, 0.3) is 0 Å². The third-order valence-electron chi connectivity index (χ3n) is 3.36. The number of hydrogen-bond acceptors (Lipinski definition) is 1. The zero-order chi connectivity index (χ0) is 10.2. The molecular formula is C13H25N. The van der Waals surface area contributed by atoms with Gasteiger partial charge in [-0.2, -0.15) is 0 Å². The van der Waals surface area contributed by atoms with Gasteiger partial charge in [-0.25, -0.2) is 0 Å². The van der Waals surface area contributed by atoms with E-state index in [1.807, 2.05) is 6.08 Å². The summed E-state index contributed by atoms with van der Waals surface area (Å²) in [6.45, 7) is 7.13. The zero-order valence-electron chi connectivity index (χ0n) is 9.60. The number of nitrogens with one attached hydrogen (secondary N) is 1. The first-order chi connectivity index (χ1) is 6.88. The SMILES string of the molecule is C=CCCCC1CCCCC1NCC. The Morgan fingerprint density at radius 3 is 2.86 bits per heavy atom. The van der Waals surface area contributed by atoms with Crippen LogP contribution in [0, 0.1) is 5.92 Å². The van der Waals surface area contributed by atoms with E-state index in [0.29, 0.717) is 0 Å². The summed E-state index contributed by atoms with van der Waals surface area (Å²) in [6, 6.07) is 0.804. The highest BCUT2D eigenvalue weighted by atomic mass is 14.9. The molecule has 1 aliphatic carbocycles. The minimum absolute atomic E-state index is 0.804. The van der Waals surface area contributed by atoms with Crippen molar-refractivity contribution in [2.45, 2.75) is 57.9 Å². The molecule has 1 nitrogen and oxygen atoms in total. The molecule has 0 saturated heterocycles. The number of allylic oxidation sites excluding steroid dienone is 1. The van der Waals surface area contributed by atoms with Crippen LogP contribution >= 0.6 is 0 Å². The van der Waals surface area contributed by atoms with E-state index in [1.165, 1.54) is 44.9 Å². The number of unbranched alkanes of at least 4 members (excludes halogenated alkanes) is 1. The van der Waals surface area contributed by atoms with Crippen LogP contribution in [0.5, 0.6) is 0 Å². The fraction of sp³-hybridized carbons (Fsp3) is 0.846. The standard InChI is InChI=1S/C13H25N/c1-3-5-6-9-12-10-7-8-11-13(12)14-4-2/h3,12-14H,1,4-11H2,2H3. The van der Waals surface area contributed by atoms with Crippen molar-refractivity contribution in [3.05, 3.63) is 12.7 Å². The number of hydrogen-bond donors (Lipinski definition) is 1. The Kier molecular flexibility index (Phi) is 5.93. The summed E-state index contributed by atoms with van der Waals surface area (Å²) >= 11 is 0. The maximum Gasteiger partial charge on any atom is 0.00952 e. The highest BCUT2D eigenvalue weighted by Crippen LogP contribution is 2.28. The van der Waals surface area contributed by atoms with Gasteiger partial charge in [-0.15, -0.1) is 6.58 Å². The first-order valence-corrected chi connectivity index (χ1v) is 6.22. The van der Waals surface area contributed by atoms with E-state index in [9.17, 15) is 0 Å². The first-order valence-electron chi connectivity index (χ1n) is 6.22. The van der Waals surface area contributed by atoms with E-state index in [1.54, 1.807) is 0 Å². The van der Waals surface area contributed by atoms with Crippen molar-refractivity contribution in [3.63, 3.8) is 0 Å². The second kappa shape index (κ2) is 7.05. The molecule has 0 aliphatic heterocycles. The normalized spacial score (nSPS) is 27.5. The molecule has 1 saturated carbocycles. The van der Waals surface area contributed by atoms with Crippen molar-refractivity contribution < 1.29 is 0 Å². The molecule has 1 aliphatic rings. The van der Waals surface area contributed by atoms with Gasteiger partial charge < -0.3 is 5.32 Å². The molecule has 0 aromatic carbocycles. The van der Waals surface area contributed by atoms with Crippen LogP contribution in [0.25, 0.3) is 0 Å². The smallest absolute Gasteiger partial charge is 0.00952 e. The Balaban J connectivity index is 2.26. The fourth-order valence-corrected chi connectivity index (χ4v) is 2.61. The van der Waals surface area contributed by atoms with E-state index >= 15 is 0 Å². The van der Waals surface area contributed by atoms with Crippen LogP contribution in [-0.4, -0.2) is 12.6 Å². The van der Waals surface area contributed by atoms with Crippen molar-refractivity contribution in [3.8, 4) is 0 Å². The van der Waals surface area contributed by atoms with Gasteiger partial charge in [-0.05, 0) is 44.6 Å². The number of rotatable bonds is 6. The van der Waals surface area contributed by atoms with Crippen LogP contribution in [0.1, 0.15) is 51.9 Å². The van der Waals surface area contributed by atoms with E-state index in [2.05, 4.69) is 18.8 Å². The minimum atomic E-state index is 0.804. The molecule has 0 radical (unpaired) electrons. The second-order valence-electron chi connectivity index (χ2n) is 4.43. The van der Waals surface area contributed by atoms with Crippen molar-refractivity contribution in [1.82, 2.24) is 5.32 Å². The van der Waals surface area contributed by atoms with Gasteiger partial charge in [0.05, 0.1) is 0 Å². The fourth-order valence-electron chi connectivity index (χ4n) is 2.61. The molecule has 0 aromatic heterocycles. The Morgan fingerprint density at radius 2 is 2.14 bits per heavy atom. The van der Waals surface area contributed by atoms with Crippen LogP contribution in [0.4, 0.5) is 0 Å². The van der Waals surface area contributed by atoms with E-state index in [0.717, 1.165) is 18.5 Å². The molecule has 1 rings (SSSR count). The second-order valence-corrected chi connectivity index (χ2v) is 4.43. The Bertz CT molecular complexity index is 151. The van der Waals surface area contributed by atoms with Crippen LogP contribution in [0.2, 0.25) is 0 Å². The van der Waals surface area contributed by atoms with Gasteiger partial charge in [0.2, 0.25) is 0 Å². The molecular weight excluding hydrogens is 170 g/mol. The minimum Gasteiger partial charge on any atom is -0.314 e. The summed E-state index contributed by atoms with van der Waals surface area (Å²) in [5.41, 5.74) is 0. The lowest BCUT2D eigenvalue weighted by Gasteiger charge is -2.32. The molecule has 1 heteroatoms. The zero-order valence-corrected chi connectivity index (χ0v) is 9.60. The highest BCUT2D eigenvalue weighted by molar-refractivity contribution is 4.81. The summed E-state index contributed by atoms with van der Waals surface area (Å²) in [7, 11) is 0. The van der Waals surface area contributed by atoms with Crippen molar-refractivity contribution in [2.75, 3.05) is 6.54 Å². The third kappa shape index (κ3) is 3.83. The van der Waals surface area contributed by atoms with Gasteiger partial charge >= 0.3 is 0 Å². The molecule has 1 N–H and O–H groups in total. The predicted molar refractivity (Wildman–Crippen MR) is 63.5 cm³/mol. The third-order valence-corrected chi connectivity index (χ3v) is 3.36. The van der Waals surface area contributed by atoms with Crippen LogP contribution < -0.4 is 5.32 Å². The maximum atomic E-state index is 3.78. The van der Waals surface area contributed by atoms with Crippen LogP contribution in [0.15, 0.2) is 12.7 Å². The first kappa shape index (κ1) is 11.8.